The zero-order chi connectivity index (χ0) is 20.0. The van der Waals surface area contributed by atoms with Crippen LogP contribution < -0.4 is 15.2 Å². The molecular formula is C19H16N6O3S. The average Bonchev–Trinajstić information content (AvgIpc) is 3.01. The number of aromatic nitrogens is 5. The van der Waals surface area contributed by atoms with Crippen LogP contribution in [-0.2, 0) is 11.3 Å². The maximum Gasteiger partial charge on any atom is 0.279 e. The quantitative estimate of drug-likeness (QED) is 0.339. The highest BCUT2D eigenvalue weighted by Crippen LogP contribution is 2.32. The van der Waals surface area contributed by atoms with Gasteiger partial charge >= 0.3 is 0 Å². The SMILES string of the molecule is CSc1ncc2c(=O)n3n(c2n1)-c1ccc2c(n1)N(CCCC#CC3)C(=O)CO2. The molecule has 0 radical (unpaired) electrons. The number of anilines is 1. The van der Waals surface area contributed by atoms with Gasteiger partial charge < -0.3 is 4.74 Å². The number of thioether (sulfide) groups is 1. The molecule has 0 saturated carbocycles. The fraction of sp³-hybridized carbons (Fsp3) is 0.316. The van der Waals surface area contributed by atoms with E-state index >= 15 is 0 Å². The number of rotatable bonds is 1. The molecule has 2 aliphatic rings. The van der Waals surface area contributed by atoms with Crippen molar-refractivity contribution in [3.05, 3.63) is 28.7 Å². The van der Waals surface area contributed by atoms with E-state index in [1.807, 2.05) is 6.26 Å². The van der Waals surface area contributed by atoms with Crippen LogP contribution in [0.15, 0.2) is 28.3 Å². The number of carbonyl (C=O) groups excluding carboxylic acids is 1. The third kappa shape index (κ3) is 2.86. The summed E-state index contributed by atoms with van der Waals surface area (Å²) in [6.45, 7) is 0.710. The van der Waals surface area contributed by atoms with E-state index < -0.39 is 0 Å². The summed E-state index contributed by atoms with van der Waals surface area (Å²) in [5, 5.41) is 0.942. The molecule has 0 aliphatic carbocycles. The minimum atomic E-state index is -0.234. The second kappa shape index (κ2) is 6.93. The van der Waals surface area contributed by atoms with Crippen LogP contribution in [0.2, 0.25) is 0 Å². The summed E-state index contributed by atoms with van der Waals surface area (Å²) in [6.07, 6.45) is 4.73. The monoisotopic (exact) mass is 408 g/mol. The molecule has 3 aromatic heterocycles. The fourth-order valence-electron chi connectivity index (χ4n) is 3.45. The first-order chi connectivity index (χ1) is 14.2. The summed E-state index contributed by atoms with van der Waals surface area (Å²) in [7, 11) is 0. The number of nitrogens with zero attached hydrogens (tertiary/aromatic N) is 6. The lowest BCUT2D eigenvalue weighted by Gasteiger charge is -2.28. The van der Waals surface area contributed by atoms with Crippen LogP contribution in [0.4, 0.5) is 5.82 Å². The van der Waals surface area contributed by atoms with E-state index in [-0.39, 0.29) is 24.6 Å². The number of hydrogen-bond acceptors (Lipinski definition) is 7. The van der Waals surface area contributed by atoms with Crippen LogP contribution in [0, 0.1) is 11.8 Å². The molecule has 5 heterocycles. The first kappa shape index (κ1) is 17.8. The average molecular weight is 408 g/mol. The highest BCUT2D eigenvalue weighted by molar-refractivity contribution is 7.98. The molecule has 29 heavy (non-hydrogen) atoms. The summed E-state index contributed by atoms with van der Waals surface area (Å²) >= 11 is 1.39. The fourth-order valence-corrected chi connectivity index (χ4v) is 3.78. The van der Waals surface area contributed by atoms with Gasteiger partial charge in [0.2, 0.25) is 0 Å². The predicted molar refractivity (Wildman–Crippen MR) is 108 cm³/mol. The van der Waals surface area contributed by atoms with Crippen molar-refractivity contribution in [3.63, 3.8) is 0 Å². The summed E-state index contributed by atoms with van der Waals surface area (Å²) in [5.41, 5.74) is 0.220. The van der Waals surface area contributed by atoms with Gasteiger partial charge in [-0.25, -0.2) is 24.3 Å². The minimum absolute atomic E-state index is 0.0127. The Morgan fingerprint density at radius 2 is 2.10 bits per heavy atom. The topological polar surface area (TPSA) is 95.1 Å². The molecule has 0 atom stereocenters. The number of amides is 1. The lowest BCUT2D eigenvalue weighted by molar-refractivity contribution is -0.121. The summed E-state index contributed by atoms with van der Waals surface area (Å²) in [4.78, 5) is 40.5. The summed E-state index contributed by atoms with van der Waals surface area (Å²) in [6, 6.07) is 3.52. The Bertz CT molecular complexity index is 1270. The van der Waals surface area contributed by atoms with Gasteiger partial charge in [0.1, 0.15) is 11.9 Å². The van der Waals surface area contributed by atoms with Crippen LogP contribution in [0.25, 0.3) is 16.9 Å². The van der Waals surface area contributed by atoms with E-state index in [0.717, 1.165) is 0 Å². The highest BCUT2D eigenvalue weighted by Gasteiger charge is 2.28. The second-order valence-corrected chi connectivity index (χ2v) is 7.32. The number of hydrogen-bond donors (Lipinski definition) is 0. The highest BCUT2D eigenvalue weighted by atomic mass is 32.2. The van der Waals surface area contributed by atoms with E-state index in [0.29, 0.717) is 53.0 Å². The van der Waals surface area contributed by atoms with Gasteiger partial charge in [-0.05, 0) is 24.8 Å². The van der Waals surface area contributed by atoms with Gasteiger partial charge in [0.05, 0.1) is 0 Å². The molecule has 10 heteroatoms. The largest absolute Gasteiger partial charge is 0.480 e. The molecule has 0 fully saturated rings. The van der Waals surface area contributed by atoms with Crippen molar-refractivity contribution in [2.24, 2.45) is 0 Å². The molecule has 0 saturated heterocycles. The third-order valence-electron chi connectivity index (χ3n) is 4.82. The maximum atomic E-state index is 13.0. The minimum Gasteiger partial charge on any atom is -0.480 e. The van der Waals surface area contributed by atoms with E-state index in [1.165, 1.54) is 22.6 Å². The van der Waals surface area contributed by atoms with Crippen molar-refractivity contribution < 1.29 is 9.53 Å². The molecule has 3 aromatic rings. The molecule has 0 aromatic carbocycles. The molecular weight excluding hydrogens is 392 g/mol. The van der Waals surface area contributed by atoms with Crippen molar-refractivity contribution in [1.82, 2.24) is 24.3 Å². The van der Waals surface area contributed by atoms with Gasteiger partial charge in [0, 0.05) is 19.2 Å². The Morgan fingerprint density at radius 1 is 1.21 bits per heavy atom. The molecule has 1 amide bonds. The van der Waals surface area contributed by atoms with Crippen LogP contribution in [0.5, 0.6) is 5.75 Å². The number of carbonyl (C=O) groups is 1. The van der Waals surface area contributed by atoms with Gasteiger partial charge in [-0.2, -0.15) is 0 Å². The molecule has 0 unspecified atom stereocenters. The Morgan fingerprint density at radius 3 is 2.97 bits per heavy atom. The molecule has 2 bridgehead atoms. The van der Waals surface area contributed by atoms with E-state index in [1.54, 1.807) is 21.7 Å². The Balaban J connectivity index is 1.82. The molecule has 0 N–H and O–H groups in total. The predicted octanol–water partition coefficient (Wildman–Crippen LogP) is 1.22. The van der Waals surface area contributed by atoms with E-state index in [4.69, 9.17) is 4.74 Å². The lowest BCUT2D eigenvalue weighted by atomic mass is 10.2. The van der Waals surface area contributed by atoms with Crippen molar-refractivity contribution >= 4 is 34.5 Å². The summed E-state index contributed by atoms with van der Waals surface area (Å²) < 4.78 is 8.70. The molecule has 9 nitrogen and oxygen atoms in total. The first-order valence-electron chi connectivity index (χ1n) is 9.10. The van der Waals surface area contributed by atoms with Crippen molar-refractivity contribution in [2.45, 2.75) is 24.5 Å². The number of pyridine rings is 1. The zero-order valence-corrected chi connectivity index (χ0v) is 16.4. The van der Waals surface area contributed by atoms with Crippen molar-refractivity contribution in [2.75, 3.05) is 24.3 Å². The van der Waals surface area contributed by atoms with Gasteiger partial charge in [-0.3, -0.25) is 14.5 Å². The molecule has 0 spiro atoms. The second-order valence-electron chi connectivity index (χ2n) is 6.55. The lowest BCUT2D eigenvalue weighted by Crippen LogP contribution is -2.40. The van der Waals surface area contributed by atoms with Gasteiger partial charge in [0.25, 0.3) is 11.5 Å². The van der Waals surface area contributed by atoms with E-state index in [2.05, 4.69) is 26.8 Å². The zero-order valence-electron chi connectivity index (χ0n) is 15.6. The van der Waals surface area contributed by atoms with Crippen LogP contribution in [-0.4, -0.2) is 49.6 Å². The Kier molecular flexibility index (Phi) is 4.24. The van der Waals surface area contributed by atoms with Crippen LogP contribution in [0.1, 0.15) is 12.8 Å². The van der Waals surface area contributed by atoms with Crippen LogP contribution in [0.3, 0.4) is 0 Å². The van der Waals surface area contributed by atoms with Gasteiger partial charge in [0.15, 0.2) is 34.8 Å². The smallest absolute Gasteiger partial charge is 0.279 e. The Labute approximate surface area is 169 Å². The first-order valence-corrected chi connectivity index (χ1v) is 10.3. The van der Waals surface area contributed by atoms with Crippen molar-refractivity contribution in [3.8, 4) is 23.4 Å². The van der Waals surface area contributed by atoms with Gasteiger partial charge in [-0.15, -0.1) is 5.92 Å². The molecule has 5 rings (SSSR count). The molecule has 146 valence electrons. The maximum absolute atomic E-state index is 13.0. The normalized spacial score (nSPS) is 15.6. The summed E-state index contributed by atoms with van der Waals surface area (Å²) in [5.74, 6) is 7.45. The van der Waals surface area contributed by atoms with Crippen LogP contribution >= 0.6 is 11.8 Å². The number of ether oxygens (including phenoxy) is 1. The standard InChI is InChI=1S/C19H16N6O3S/c1-29-19-20-10-12-16(22-19)25-14-7-6-13-17(21-14)23(15(26)11-28-13)8-4-2-3-5-9-24(25)18(12)27/h6-7,10H,2,4,8-9,11H2,1H3. The number of fused-ring (bicyclic) bond motifs is 5. The third-order valence-corrected chi connectivity index (χ3v) is 5.38. The molecule has 2 aliphatic heterocycles. The van der Waals surface area contributed by atoms with Crippen molar-refractivity contribution in [1.29, 1.82) is 0 Å². The van der Waals surface area contributed by atoms with Gasteiger partial charge in [-0.1, -0.05) is 17.7 Å². The Hall–Kier alpha value is -3.32. The van der Waals surface area contributed by atoms with E-state index in [9.17, 15) is 9.59 Å².